The summed E-state index contributed by atoms with van der Waals surface area (Å²) in [7, 11) is 0. The Hall–Kier alpha value is -1.06. The molecule has 0 spiro atoms. The highest BCUT2D eigenvalue weighted by molar-refractivity contribution is 5.76. The van der Waals surface area contributed by atoms with E-state index in [0.717, 1.165) is 51.4 Å². The lowest BCUT2D eigenvalue weighted by Gasteiger charge is -2.27. The Kier molecular flexibility index (Phi) is 14.1. The van der Waals surface area contributed by atoms with E-state index in [0.29, 0.717) is 31.5 Å². The lowest BCUT2D eigenvalue weighted by molar-refractivity contribution is -0.156. The van der Waals surface area contributed by atoms with Gasteiger partial charge in [0, 0.05) is 0 Å². The van der Waals surface area contributed by atoms with Crippen molar-refractivity contribution in [2.75, 3.05) is 13.2 Å². The summed E-state index contributed by atoms with van der Waals surface area (Å²) >= 11 is 0. The number of hydrogen-bond acceptors (Lipinski definition) is 4. The SMILES string of the molecule is CCCCCC(CCC)COC(=O)C1CCCC(C(=O)OCCCCC(C)C)C1. The maximum atomic E-state index is 12.6. The van der Waals surface area contributed by atoms with Crippen LogP contribution in [-0.2, 0) is 19.1 Å². The molecule has 29 heavy (non-hydrogen) atoms. The van der Waals surface area contributed by atoms with E-state index in [1.807, 2.05) is 0 Å². The Morgan fingerprint density at radius 1 is 0.828 bits per heavy atom. The Labute approximate surface area is 179 Å². The number of rotatable bonds is 15. The molecule has 1 aliphatic rings. The van der Waals surface area contributed by atoms with Crippen LogP contribution >= 0.6 is 0 Å². The molecule has 0 heterocycles. The van der Waals surface area contributed by atoms with E-state index < -0.39 is 0 Å². The molecule has 170 valence electrons. The fraction of sp³-hybridized carbons (Fsp3) is 0.920. The van der Waals surface area contributed by atoms with Gasteiger partial charge in [-0.1, -0.05) is 66.2 Å². The summed E-state index contributed by atoms with van der Waals surface area (Å²) < 4.78 is 11.2. The third-order valence-corrected chi connectivity index (χ3v) is 6.14. The average molecular weight is 411 g/mol. The lowest BCUT2D eigenvalue weighted by Crippen LogP contribution is -2.30. The predicted octanol–water partition coefficient (Wildman–Crippen LogP) is 6.70. The topological polar surface area (TPSA) is 52.6 Å². The quantitative estimate of drug-likeness (QED) is 0.222. The Morgan fingerprint density at radius 3 is 2.10 bits per heavy atom. The molecule has 4 nitrogen and oxygen atoms in total. The van der Waals surface area contributed by atoms with E-state index in [4.69, 9.17) is 9.47 Å². The third kappa shape index (κ3) is 11.6. The van der Waals surface area contributed by atoms with Crippen molar-refractivity contribution in [2.45, 2.75) is 111 Å². The number of ether oxygens (including phenoxy) is 2. The van der Waals surface area contributed by atoms with Crippen molar-refractivity contribution in [3.05, 3.63) is 0 Å². The molecule has 4 heteroatoms. The number of esters is 2. The average Bonchev–Trinajstić information content (AvgIpc) is 2.71. The van der Waals surface area contributed by atoms with Crippen LogP contribution in [0.3, 0.4) is 0 Å². The highest BCUT2D eigenvalue weighted by Crippen LogP contribution is 2.31. The van der Waals surface area contributed by atoms with Crippen molar-refractivity contribution in [1.82, 2.24) is 0 Å². The van der Waals surface area contributed by atoms with E-state index in [1.165, 1.54) is 25.7 Å². The predicted molar refractivity (Wildman–Crippen MR) is 119 cm³/mol. The molecule has 1 saturated carbocycles. The second-order valence-corrected chi connectivity index (χ2v) is 9.40. The van der Waals surface area contributed by atoms with E-state index in [1.54, 1.807) is 0 Å². The molecule has 0 aromatic carbocycles. The van der Waals surface area contributed by atoms with Crippen LogP contribution in [0.25, 0.3) is 0 Å². The van der Waals surface area contributed by atoms with Crippen molar-refractivity contribution in [1.29, 1.82) is 0 Å². The van der Waals surface area contributed by atoms with E-state index in [-0.39, 0.29) is 23.8 Å². The van der Waals surface area contributed by atoms with Gasteiger partial charge in [-0.25, -0.2) is 0 Å². The molecular weight excluding hydrogens is 364 g/mol. The van der Waals surface area contributed by atoms with Crippen LogP contribution in [0.2, 0.25) is 0 Å². The molecule has 1 aliphatic carbocycles. The van der Waals surface area contributed by atoms with Gasteiger partial charge in [0.15, 0.2) is 0 Å². The van der Waals surface area contributed by atoms with Crippen LogP contribution in [0.5, 0.6) is 0 Å². The zero-order valence-electron chi connectivity index (χ0n) is 19.5. The lowest BCUT2D eigenvalue weighted by atomic mass is 9.81. The van der Waals surface area contributed by atoms with Crippen molar-refractivity contribution in [3.63, 3.8) is 0 Å². The molecule has 0 aromatic heterocycles. The molecule has 1 fully saturated rings. The fourth-order valence-electron chi connectivity index (χ4n) is 4.28. The highest BCUT2D eigenvalue weighted by Gasteiger charge is 2.33. The maximum absolute atomic E-state index is 12.6. The van der Waals surface area contributed by atoms with Gasteiger partial charge in [-0.2, -0.15) is 0 Å². The Balaban J connectivity index is 2.33. The summed E-state index contributed by atoms with van der Waals surface area (Å²) in [5.41, 5.74) is 0. The fourth-order valence-corrected chi connectivity index (χ4v) is 4.28. The molecule has 1 rings (SSSR count). The smallest absolute Gasteiger partial charge is 0.308 e. The van der Waals surface area contributed by atoms with Gasteiger partial charge in [0.05, 0.1) is 25.0 Å². The molecule has 0 amide bonds. The van der Waals surface area contributed by atoms with Gasteiger partial charge >= 0.3 is 11.9 Å². The van der Waals surface area contributed by atoms with Gasteiger partial charge < -0.3 is 9.47 Å². The van der Waals surface area contributed by atoms with Gasteiger partial charge in [0.2, 0.25) is 0 Å². The molecule has 0 aliphatic heterocycles. The zero-order valence-corrected chi connectivity index (χ0v) is 19.5. The number of carbonyl (C=O) groups is 2. The van der Waals surface area contributed by atoms with Crippen LogP contribution in [0.4, 0.5) is 0 Å². The van der Waals surface area contributed by atoms with Crippen molar-refractivity contribution in [2.24, 2.45) is 23.7 Å². The zero-order chi connectivity index (χ0) is 21.5. The van der Waals surface area contributed by atoms with Gasteiger partial charge in [-0.05, 0) is 56.8 Å². The number of carbonyl (C=O) groups excluding carboxylic acids is 2. The minimum Gasteiger partial charge on any atom is -0.465 e. The van der Waals surface area contributed by atoms with Gasteiger partial charge in [0.25, 0.3) is 0 Å². The Bertz CT molecular complexity index is 446. The second-order valence-electron chi connectivity index (χ2n) is 9.40. The molecule has 0 aromatic rings. The first-order valence-corrected chi connectivity index (χ1v) is 12.3. The first-order chi connectivity index (χ1) is 14.0. The molecule has 0 radical (unpaired) electrons. The van der Waals surface area contributed by atoms with Crippen LogP contribution in [-0.4, -0.2) is 25.2 Å². The first kappa shape index (κ1) is 26.0. The standard InChI is InChI=1S/C25H46O4/c1-5-7-8-14-21(12-6-2)19-29-25(27)23-16-11-15-22(18-23)24(26)28-17-10-9-13-20(3)4/h20-23H,5-19H2,1-4H3. The van der Waals surface area contributed by atoms with Crippen molar-refractivity contribution >= 4 is 11.9 Å². The Morgan fingerprint density at radius 2 is 1.48 bits per heavy atom. The molecule has 0 bridgehead atoms. The van der Waals surface area contributed by atoms with Crippen LogP contribution < -0.4 is 0 Å². The summed E-state index contributed by atoms with van der Waals surface area (Å²) in [6.07, 6.45) is 13.4. The summed E-state index contributed by atoms with van der Waals surface area (Å²) in [6, 6.07) is 0. The second kappa shape index (κ2) is 15.7. The monoisotopic (exact) mass is 410 g/mol. The normalized spacial score (nSPS) is 20.4. The van der Waals surface area contributed by atoms with Gasteiger partial charge in [-0.3, -0.25) is 9.59 Å². The van der Waals surface area contributed by atoms with E-state index in [2.05, 4.69) is 27.7 Å². The molecule has 0 N–H and O–H groups in total. The van der Waals surface area contributed by atoms with Crippen LogP contribution in [0.1, 0.15) is 111 Å². The van der Waals surface area contributed by atoms with Gasteiger partial charge in [0.1, 0.15) is 0 Å². The van der Waals surface area contributed by atoms with E-state index in [9.17, 15) is 9.59 Å². The summed E-state index contributed by atoms with van der Waals surface area (Å²) in [5, 5.41) is 0. The maximum Gasteiger partial charge on any atom is 0.308 e. The van der Waals surface area contributed by atoms with Crippen LogP contribution in [0.15, 0.2) is 0 Å². The summed E-state index contributed by atoms with van der Waals surface area (Å²) in [6.45, 7) is 9.87. The third-order valence-electron chi connectivity index (χ3n) is 6.14. The molecule has 3 unspecified atom stereocenters. The number of hydrogen-bond donors (Lipinski definition) is 0. The summed E-state index contributed by atoms with van der Waals surface area (Å²) in [5.74, 6) is 0.680. The van der Waals surface area contributed by atoms with Crippen molar-refractivity contribution < 1.29 is 19.1 Å². The number of unbranched alkanes of at least 4 members (excludes halogenated alkanes) is 3. The minimum absolute atomic E-state index is 0.101. The largest absolute Gasteiger partial charge is 0.465 e. The molecular formula is C25H46O4. The minimum atomic E-state index is -0.139. The van der Waals surface area contributed by atoms with Gasteiger partial charge in [-0.15, -0.1) is 0 Å². The molecule has 3 atom stereocenters. The first-order valence-electron chi connectivity index (χ1n) is 12.3. The van der Waals surface area contributed by atoms with Crippen LogP contribution in [0, 0.1) is 23.7 Å². The van der Waals surface area contributed by atoms with Crippen molar-refractivity contribution in [3.8, 4) is 0 Å². The highest BCUT2D eigenvalue weighted by atomic mass is 16.5. The summed E-state index contributed by atoms with van der Waals surface area (Å²) in [4.78, 5) is 25.0. The molecule has 0 saturated heterocycles. The van der Waals surface area contributed by atoms with E-state index >= 15 is 0 Å².